The summed E-state index contributed by atoms with van der Waals surface area (Å²) in [6, 6.07) is 0. The van der Waals surface area contributed by atoms with Gasteiger partial charge >= 0.3 is 0 Å². The van der Waals surface area contributed by atoms with Gasteiger partial charge in [-0.3, -0.25) is 4.98 Å². The maximum atomic E-state index is 12.7. The summed E-state index contributed by atoms with van der Waals surface area (Å²) >= 11 is 0. The standard InChI is InChI=1S/C7H7F3N2O/c8-3-1-12-4(2-13)5(6(3)11)7(9)10/h1,7,13H,2H2,(H2,11,12). The average molecular weight is 192 g/mol. The molecule has 0 aromatic carbocycles. The van der Waals surface area contributed by atoms with Gasteiger partial charge in [-0.2, -0.15) is 0 Å². The zero-order chi connectivity index (χ0) is 10.0. The zero-order valence-corrected chi connectivity index (χ0v) is 6.47. The number of aromatic nitrogens is 1. The number of nitrogens with zero attached hydrogens (tertiary/aromatic N) is 1. The highest BCUT2D eigenvalue weighted by Crippen LogP contribution is 2.28. The first-order chi connectivity index (χ1) is 6.07. The monoisotopic (exact) mass is 192 g/mol. The van der Waals surface area contributed by atoms with Crippen LogP contribution in [0, 0.1) is 5.82 Å². The lowest BCUT2D eigenvalue weighted by atomic mass is 10.1. The first kappa shape index (κ1) is 9.79. The molecule has 0 saturated heterocycles. The van der Waals surface area contributed by atoms with Crippen molar-refractivity contribution in [1.82, 2.24) is 4.98 Å². The second kappa shape index (κ2) is 3.61. The Morgan fingerprint density at radius 3 is 2.62 bits per heavy atom. The van der Waals surface area contributed by atoms with Crippen molar-refractivity contribution in [2.75, 3.05) is 5.73 Å². The lowest BCUT2D eigenvalue weighted by molar-refractivity contribution is 0.146. The quantitative estimate of drug-likeness (QED) is 0.740. The second-order valence-electron chi connectivity index (χ2n) is 2.34. The number of nitrogen functional groups attached to an aromatic ring is 1. The lowest BCUT2D eigenvalue weighted by Gasteiger charge is -2.08. The van der Waals surface area contributed by atoms with E-state index in [2.05, 4.69) is 4.98 Å². The molecule has 0 aliphatic carbocycles. The number of pyridine rings is 1. The molecule has 0 aliphatic rings. The predicted molar refractivity (Wildman–Crippen MR) is 39.5 cm³/mol. The molecule has 0 aliphatic heterocycles. The molecule has 0 radical (unpaired) electrons. The van der Waals surface area contributed by atoms with Crippen LogP contribution in [-0.2, 0) is 6.61 Å². The Labute approximate surface area is 72.0 Å². The highest BCUT2D eigenvalue weighted by Gasteiger charge is 2.19. The van der Waals surface area contributed by atoms with Gasteiger partial charge in [0.1, 0.15) is 0 Å². The molecule has 1 aromatic heterocycles. The van der Waals surface area contributed by atoms with Crippen LogP contribution in [0.1, 0.15) is 17.7 Å². The molecule has 72 valence electrons. The van der Waals surface area contributed by atoms with Gasteiger partial charge in [0.25, 0.3) is 6.43 Å². The van der Waals surface area contributed by atoms with Crippen molar-refractivity contribution in [3.8, 4) is 0 Å². The van der Waals surface area contributed by atoms with Crippen molar-refractivity contribution in [3.63, 3.8) is 0 Å². The van der Waals surface area contributed by atoms with E-state index in [1.54, 1.807) is 0 Å². The number of aliphatic hydroxyl groups is 1. The van der Waals surface area contributed by atoms with Gasteiger partial charge < -0.3 is 10.8 Å². The summed E-state index contributed by atoms with van der Waals surface area (Å²) < 4.78 is 37.2. The fraction of sp³-hybridized carbons (Fsp3) is 0.286. The number of hydrogen-bond acceptors (Lipinski definition) is 3. The highest BCUT2D eigenvalue weighted by atomic mass is 19.3. The summed E-state index contributed by atoms with van der Waals surface area (Å²) in [6.07, 6.45) is -2.24. The minimum Gasteiger partial charge on any atom is -0.396 e. The van der Waals surface area contributed by atoms with Crippen LogP contribution in [0.3, 0.4) is 0 Å². The predicted octanol–water partition coefficient (Wildman–Crippen LogP) is 1.23. The number of alkyl halides is 2. The molecular weight excluding hydrogens is 185 g/mol. The largest absolute Gasteiger partial charge is 0.396 e. The number of rotatable bonds is 2. The van der Waals surface area contributed by atoms with Crippen LogP contribution < -0.4 is 5.73 Å². The van der Waals surface area contributed by atoms with Crippen LogP contribution in [0.5, 0.6) is 0 Å². The number of nitrogens with two attached hydrogens (primary N) is 1. The maximum absolute atomic E-state index is 12.7. The Kier molecular flexibility index (Phi) is 2.72. The second-order valence-corrected chi connectivity index (χ2v) is 2.34. The van der Waals surface area contributed by atoms with E-state index in [1.165, 1.54) is 0 Å². The minimum atomic E-state index is -2.94. The SMILES string of the molecule is Nc1c(F)cnc(CO)c1C(F)F. The molecule has 3 N–H and O–H groups in total. The summed E-state index contributed by atoms with van der Waals surface area (Å²) in [4.78, 5) is 3.29. The van der Waals surface area contributed by atoms with E-state index in [0.717, 1.165) is 0 Å². The normalized spacial score (nSPS) is 10.8. The van der Waals surface area contributed by atoms with Crippen molar-refractivity contribution >= 4 is 5.69 Å². The van der Waals surface area contributed by atoms with Crippen molar-refractivity contribution in [2.24, 2.45) is 0 Å². The van der Waals surface area contributed by atoms with E-state index in [0.29, 0.717) is 6.20 Å². The number of hydrogen-bond donors (Lipinski definition) is 2. The van der Waals surface area contributed by atoms with Crippen LogP contribution >= 0.6 is 0 Å². The van der Waals surface area contributed by atoms with Gasteiger partial charge in [0, 0.05) is 0 Å². The van der Waals surface area contributed by atoms with Crippen LogP contribution in [-0.4, -0.2) is 10.1 Å². The molecule has 6 heteroatoms. The summed E-state index contributed by atoms with van der Waals surface area (Å²) in [5.74, 6) is -1.01. The fourth-order valence-electron chi connectivity index (χ4n) is 0.927. The van der Waals surface area contributed by atoms with Crippen molar-refractivity contribution < 1.29 is 18.3 Å². The number of halogens is 3. The van der Waals surface area contributed by atoms with Gasteiger partial charge in [0.05, 0.1) is 29.7 Å². The molecule has 0 amide bonds. The zero-order valence-electron chi connectivity index (χ0n) is 6.47. The maximum Gasteiger partial charge on any atom is 0.267 e. The Bertz CT molecular complexity index is 317. The van der Waals surface area contributed by atoms with Gasteiger partial charge in [-0.25, -0.2) is 13.2 Å². The summed E-state index contributed by atoms with van der Waals surface area (Å²) in [6.45, 7) is -0.690. The molecule has 0 spiro atoms. The topological polar surface area (TPSA) is 59.1 Å². The number of anilines is 1. The van der Waals surface area contributed by atoms with Crippen LogP contribution in [0.25, 0.3) is 0 Å². The fourth-order valence-corrected chi connectivity index (χ4v) is 0.927. The Morgan fingerprint density at radius 1 is 1.54 bits per heavy atom. The van der Waals surface area contributed by atoms with E-state index < -0.39 is 30.1 Å². The van der Waals surface area contributed by atoms with Crippen molar-refractivity contribution in [2.45, 2.75) is 13.0 Å². The first-order valence-electron chi connectivity index (χ1n) is 3.39. The van der Waals surface area contributed by atoms with Crippen molar-refractivity contribution in [3.05, 3.63) is 23.3 Å². The molecule has 0 saturated carbocycles. The first-order valence-corrected chi connectivity index (χ1v) is 3.39. The van der Waals surface area contributed by atoms with E-state index in [9.17, 15) is 13.2 Å². The van der Waals surface area contributed by atoms with Crippen LogP contribution in [0.2, 0.25) is 0 Å². The molecule has 1 aromatic rings. The van der Waals surface area contributed by atoms with Crippen molar-refractivity contribution in [1.29, 1.82) is 0 Å². The molecule has 3 nitrogen and oxygen atoms in total. The average Bonchev–Trinajstić information content (AvgIpc) is 2.08. The van der Waals surface area contributed by atoms with E-state index in [1.807, 2.05) is 0 Å². The summed E-state index contributed by atoms with van der Waals surface area (Å²) in [7, 11) is 0. The van der Waals surface area contributed by atoms with E-state index in [-0.39, 0.29) is 5.69 Å². The van der Waals surface area contributed by atoms with Gasteiger partial charge in [-0.1, -0.05) is 0 Å². The molecule has 0 unspecified atom stereocenters. The van der Waals surface area contributed by atoms with Gasteiger partial charge in [0.2, 0.25) is 0 Å². The molecular formula is C7H7F3N2O. The van der Waals surface area contributed by atoms with Gasteiger partial charge in [-0.05, 0) is 0 Å². The Hall–Kier alpha value is -1.30. The van der Waals surface area contributed by atoms with Gasteiger partial charge in [0.15, 0.2) is 5.82 Å². The number of aliphatic hydroxyl groups excluding tert-OH is 1. The van der Waals surface area contributed by atoms with E-state index >= 15 is 0 Å². The smallest absolute Gasteiger partial charge is 0.267 e. The molecule has 0 atom stereocenters. The van der Waals surface area contributed by atoms with E-state index in [4.69, 9.17) is 10.8 Å². The molecule has 0 bridgehead atoms. The highest BCUT2D eigenvalue weighted by molar-refractivity contribution is 5.50. The summed E-state index contributed by atoms with van der Waals surface area (Å²) in [5, 5.41) is 8.61. The Balaban J connectivity index is 3.32. The lowest BCUT2D eigenvalue weighted by Crippen LogP contribution is -2.06. The third-order valence-electron chi connectivity index (χ3n) is 1.56. The third-order valence-corrected chi connectivity index (χ3v) is 1.56. The minimum absolute atomic E-state index is 0.297. The van der Waals surface area contributed by atoms with Gasteiger partial charge in [-0.15, -0.1) is 0 Å². The Morgan fingerprint density at radius 2 is 2.15 bits per heavy atom. The molecule has 13 heavy (non-hydrogen) atoms. The summed E-state index contributed by atoms with van der Waals surface area (Å²) in [5.41, 5.74) is 3.36. The molecule has 0 fully saturated rings. The molecule has 1 rings (SSSR count). The van der Waals surface area contributed by atoms with Crippen LogP contribution in [0.15, 0.2) is 6.20 Å². The third kappa shape index (κ3) is 1.72. The van der Waals surface area contributed by atoms with Crippen LogP contribution in [0.4, 0.5) is 18.9 Å². The molecule has 1 heterocycles.